The summed E-state index contributed by atoms with van der Waals surface area (Å²) in [6.45, 7) is 5.60. The van der Waals surface area contributed by atoms with Crippen LogP contribution in [0, 0.1) is 41.3 Å². The maximum Gasteiger partial charge on any atom is 0.124 e. The molecule has 1 aromatic carbocycles. The molecule has 0 amide bonds. The van der Waals surface area contributed by atoms with Crippen molar-refractivity contribution in [2.24, 2.45) is 10.9 Å². The van der Waals surface area contributed by atoms with Gasteiger partial charge in [0.15, 0.2) is 0 Å². The number of aliphatic imine (C=N–C) groups is 1. The van der Waals surface area contributed by atoms with E-state index in [1.165, 1.54) is 23.5 Å². The van der Waals surface area contributed by atoms with Crippen LogP contribution in [-0.4, -0.2) is 10.7 Å². The number of nitriles is 2. The van der Waals surface area contributed by atoms with Crippen LogP contribution in [0.5, 0.6) is 0 Å². The SMILES string of the molecule is CC1=NC(C)=C(c2nc(C)cs2)C(c2ccc(F)cc2C#N)C1C#N. The summed E-state index contributed by atoms with van der Waals surface area (Å²) in [7, 11) is 0. The molecule has 0 N–H and O–H groups in total. The Morgan fingerprint density at radius 1 is 1.20 bits per heavy atom. The predicted molar refractivity (Wildman–Crippen MR) is 95.5 cm³/mol. The molecule has 2 aromatic rings. The van der Waals surface area contributed by atoms with Gasteiger partial charge in [0.2, 0.25) is 0 Å². The first kappa shape index (κ1) is 17.0. The van der Waals surface area contributed by atoms with E-state index in [4.69, 9.17) is 0 Å². The lowest BCUT2D eigenvalue weighted by atomic mass is 9.75. The molecule has 2 atom stereocenters. The summed E-state index contributed by atoms with van der Waals surface area (Å²) < 4.78 is 13.6. The van der Waals surface area contributed by atoms with Crippen LogP contribution in [0.25, 0.3) is 5.57 Å². The lowest BCUT2D eigenvalue weighted by Gasteiger charge is -2.29. The van der Waals surface area contributed by atoms with E-state index < -0.39 is 17.7 Å². The molecule has 1 aliphatic heterocycles. The minimum Gasteiger partial charge on any atom is -0.261 e. The summed E-state index contributed by atoms with van der Waals surface area (Å²) in [5.74, 6) is -1.40. The average Bonchev–Trinajstić information content (AvgIpc) is 3.00. The van der Waals surface area contributed by atoms with Crippen molar-refractivity contribution < 1.29 is 4.39 Å². The predicted octanol–water partition coefficient (Wildman–Crippen LogP) is 4.59. The molecule has 124 valence electrons. The van der Waals surface area contributed by atoms with Gasteiger partial charge in [-0.15, -0.1) is 11.3 Å². The number of benzene rings is 1. The molecule has 0 saturated heterocycles. The van der Waals surface area contributed by atoms with Crippen LogP contribution in [0.1, 0.15) is 41.6 Å². The van der Waals surface area contributed by atoms with Crippen molar-refractivity contribution in [1.29, 1.82) is 10.5 Å². The van der Waals surface area contributed by atoms with Gasteiger partial charge in [-0.3, -0.25) is 4.99 Å². The minimum absolute atomic E-state index is 0.235. The van der Waals surface area contributed by atoms with Crippen LogP contribution in [0.15, 0.2) is 34.3 Å². The summed E-state index contributed by atoms with van der Waals surface area (Å²) in [5, 5.41) is 21.9. The van der Waals surface area contributed by atoms with Crippen molar-refractivity contribution in [3.05, 3.63) is 56.9 Å². The minimum atomic E-state index is -0.527. The number of allylic oxidation sites excluding steroid dienone is 2. The Hall–Kier alpha value is -2.83. The molecular formula is C19H15FN4S. The molecule has 1 aliphatic rings. The molecule has 0 aliphatic carbocycles. The van der Waals surface area contributed by atoms with Gasteiger partial charge in [0, 0.05) is 34.0 Å². The summed E-state index contributed by atoms with van der Waals surface area (Å²) >= 11 is 1.48. The van der Waals surface area contributed by atoms with Gasteiger partial charge in [0.05, 0.1) is 23.6 Å². The fourth-order valence-electron chi connectivity index (χ4n) is 3.19. The van der Waals surface area contributed by atoms with Gasteiger partial charge in [-0.05, 0) is 38.5 Å². The number of hydrogen-bond donors (Lipinski definition) is 0. The van der Waals surface area contributed by atoms with Crippen molar-refractivity contribution in [2.75, 3.05) is 0 Å². The van der Waals surface area contributed by atoms with Gasteiger partial charge in [0.1, 0.15) is 10.8 Å². The lowest BCUT2D eigenvalue weighted by molar-refractivity contribution is 0.624. The topological polar surface area (TPSA) is 72.8 Å². The van der Waals surface area contributed by atoms with E-state index in [0.29, 0.717) is 11.3 Å². The fourth-order valence-corrected chi connectivity index (χ4v) is 4.13. The summed E-state index contributed by atoms with van der Waals surface area (Å²) in [4.78, 5) is 9.09. The van der Waals surface area contributed by atoms with Crippen molar-refractivity contribution in [3.8, 4) is 12.1 Å². The first-order valence-corrected chi connectivity index (χ1v) is 8.61. The monoisotopic (exact) mass is 350 g/mol. The maximum absolute atomic E-state index is 13.6. The second kappa shape index (κ2) is 6.58. The molecule has 6 heteroatoms. The largest absolute Gasteiger partial charge is 0.261 e. The smallest absolute Gasteiger partial charge is 0.124 e. The summed E-state index contributed by atoms with van der Waals surface area (Å²) in [6, 6.07) is 8.49. The van der Waals surface area contributed by atoms with Gasteiger partial charge >= 0.3 is 0 Å². The number of rotatable bonds is 2. The Labute approximate surface area is 149 Å². The maximum atomic E-state index is 13.6. The van der Waals surface area contributed by atoms with Crippen LogP contribution in [-0.2, 0) is 0 Å². The Morgan fingerprint density at radius 3 is 2.56 bits per heavy atom. The molecule has 0 saturated carbocycles. The van der Waals surface area contributed by atoms with Gasteiger partial charge in [-0.1, -0.05) is 6.07 Å². The van der Waals surface area contributed by atoms with Gasteiger partial charge < -0.3 is 0 Å². The van der Waals surface area contributed by atoms with Crippen molar-refractivity contribution in [1.82, 2.24) is 4.98 Å². The van der Waals surface area contributed by atoms with E-state index in [2.05, 4.69) is 22.1 Å². The number of hydrogen-bond acceptors (Lipinski definition) is 5. The quantitative estimate of drug-likeness (QED) is 0.795. The van der Waals surface area contributed by atoms with Crippen LogP contribution in [0.4, 0.5) is 4.39 Å². The van der Waals surface area contributed by atoms with E-state index >= 15 is 0 Å². The highest BCUT2D eigenvalue weighted by Crippen LogP contribution is 2.45. The molecule has 1 aromatic heterocycles. The fraction of sp³-hybridized carbons (Fsp3) is 0.263. The number of aryl methyl sites for hydroxylation is 1. The van der Waals surface area contributed by atoms with E-state index in [9.17, 15) is 14.9 Å². The first-order chi connectivity index (χ1) is 12.0. The highest BCUT2D eigenvalue weighted by atomic mass is 32.1. The zero-order valence-corrected chi connectivity index (χ0v) is 14.9. The van der Waals surface area contributed by atoms with E-state index in [1.807, 2.05) is 26.2 Å². The molecule has 0 bridgehead atoms. The Balaban J connectivity index is 2.29. The molecule has 3 rings (SSSR count). The molecule has 2 unspecified atom stereocenters. The molecule has 0 spiro atoms. The Morgan fingerprint density at radius 2 is 1.96 bits per heavy atom. The van der Waals surface area contributed by atoms with Crippen LogP contribution in [0.2, 0.25) is 0 Å². The summed E-state index contributed by atoms with van der Waals surface area (Å²) in [5.41, 5.74) is 4.05. The molecule has 25 heavy (non-hydrogen) atoms. The third kappa shape index (κ3) is 2.97. The van der Waals surface area contributed by atoms with E-state index in [0.717, 1.165) is 22.0 Å². The first-order valence-electron chi connectivity index (χ1n) is 7.74. The van der Waals surface area contributed by atoms with Crippen LogP contribution < -0.4 is 0 Å². The highest BCUT2D eigenvalue weighted by molar-refractivity contribution is 7.10. The third-order valence-electron chi connectivity index (χ3n) is 4.29. The van der Waals surface area contributed by atoms with Crippen molar-refractivity contribution >= 4 is 22.6 Å². The Bertz CT molecular complexity index is 988. The van der Waals surface area contributed by atoms with Gasteiger partial charge in [0.25, 0.3) is 0 Å². The number of halogens is 1. The highest BCUT2D eigenvalue weighted by Gasteiger charge is 2.36. The van der Waals surface area contributed by atoms with Gasteiger partial charge in [-0.2, -0.15) is 10.5 Å². The molecule has 2 heterocycles. The number of thiazole rings is 1. The zero-order chi connectivity index (χ0) is 18.1. The summed E-state index contributed by atoms with van der Waals surface area (Å²) in [6.07, 6.45) is 0. The molecule has 4 nitrogen and oxygen atoms in total. The molecule has 0 fully saturated rings. The molecule has 0 radical (unpaired) electrons. The van der Waals surface area contributed by atoms with Gasteiger partial charge in [-0.25, -0.2) is 9.37 Å². The van der Waals surface area contributed by atoms with Crippen molar-refractivity contribution in [3.63, 3.8) is 0 Å². The second-order valence-corrected chi connectivity index (χ2v) is 6.83. The second-order valence-electron chi connectivity index (χ2n) is 5.97. The van der Waals surface area contributed by atoms with E-state index in [-0.39, 0.29) is 5.56 Å². The van der Waals surface area contributed by atoms with Crippen LogP contribution >= 0.6 is 11.3 Å². The Kier molecular flexibility index (Phi) is 4.48. The third-order valence-corrected chi connectivity index (χ3v) is 5.28. The number of aromatic nitrogens is 1. The van der Waals surface area contributed by atoms with Crippen LogP contribution in [0.3, 0.4) is 0 Å². The average molecular weight is 350 g/mol. The van der Waals surface area contributed by atoms with E-state index in [1.54, 1.807) is 6.07 Å². The normalized spacial score (nSPS) is 20.0. The zero-order valence-electron chi connectivity index (χ0n) is 14.0. The standard InChI is InChI=1S/C19H15FN4S/c1-10-9-25-19(23-10)17-12(3)24-11(2)16(8-22)18(17)15-5-4-14(20)6-13(15)7-21/h4-6,9,16,18H,1-3H3. The number of nitrogens with zero attached hydrogens (tertiary/aromatic N) is 4. The van der Waals surface area contributed by atoms with Crippen molar-refractivity contribution in [2.45, 2.75) is 26.7 Å². The molecular weight excluding hydrogens is 335 g/mol. The lowest BCUT2D eigenvalue weighted by Crippen LogP contribution is -2.25.